The van der Waals surface area contributed by atoms with Gasteiger partial charge in [0, 0.05) is 11.3 Å². The molecule has 1 nitrogen and oxygen atoms in total. The SMILES string of the molecule is C=Cc1cc(C)ncc1F. The van der Waals surface area contributed by atoms with Gasteiger partial charge in [-0.2, -0.15) is 0 Å². The normalized spacial score (nSPS) is 9.40. The Morgan fingerprint density at radius 3 is 2.90 bits per heavy atom. The maximum atomic E-state index is 12.6. The minimum absolute atomic E-state index is 0.319. The van der Waals surface area contributed by atoms with Gasteiger partial charge < -0.3 is 0 Å². The summed E-state index contributed by atoms with van der Waals surface area (Å²) in [5, 5.41) is 0. The van der Waals surface area contributed by atoms with Gasteiger partial charge >= 0.3 is 0 Å². The maximum Gasteiger partial charge on any atom is 0.148 e. The van der Waals surface area contributed by atoms with E-state index in [9.17, 15) is 4.39 Å². The van der Waals surface area contributed by atoms with Crippen molar-refractivity contribution >= 4 is 6.08 Å². The van der Waals surface area contributed by atoms with Crippen molar-refractivity contribution in [1.29, 1.82) is 0 Å². The number of aryl methyl sites for hydroxylation is 1. The predicted molar refractivity (Wildman–Crippen MR) is 39.0 cm³/mol. The third kappa shape index (κ3) is 1.21. The molecule has 1 heterocycles. The van der Waals surface area contributed by atoms with Crippen molar-refractivity contribution in [3.8, 4) is 0 Å². The highest BCUT2D eigenvalue weighted by atomic mass is 19.1. The molecule has 0 aliphatic carbocycles. The van der Waals surface area contributed by atoms with E-state index in [1.54, 1.807) is 6.07 Å². The molecule has 0 aliphatic heterocycles. The largest absolute Gasteiger partial charge is 0.259 e. The molecule has 0 aromatic carbocycles. The Morgan fingerprint density at radius 2 is 2.40 bits per heavy atom. The molecular weight excluding hydrogens is 129 g/mol. The second kappa shape index (κ2) is 2.60. The van der Waals surface area contributed by atoms with Crippen LogP contribution in [0.4, 0.5) is 4.39 Å². The van der Waals surface area contributed by atoms with Crippen LogP contribution in [0.25, 0.3) is 6.08 Å². The monoisotopic (exact) mass is 137 g/mol. The van der Waals surface area contributed by atoms with Gasteiger partial charge in [0.1, 0.15) is 5.82 Å². The van der Waals surface area contributed by atoms with Gasteiger partial charge in [0.2, 0.25) is 0 Å². The van der Waals surface area contributed by atoms with Gasteiger partial charge in [-0.05, 0) is 13.0 Å². The molecule has 0 saturated heterocycles. The van der Waals surface area contributed by atoms with Crippen molar-refractivity contribution in [3.05, 3.63) is 35.9 Å². The second-order valence-corrected chi connectivity index (χ2v) is 2.05. The summed E-state index contributed by atoms with van der Waals surface area (Å²) in [5.74, 6) is -0.319. The molecule has 0 atom stereocenters. The van der Waals surface area contributed by atoms with E-state index in [2.05, 4.69) is 11.6 Å². The smallest absolute Gasteiger partial charge is 0.148 e. The molecule has 0 bridgehead atoms. The average Bonchev–Trinajstić information content (AvgIpc) is 1.94. The van der Waals surface area contributed by atoms with Gasteiger partial charge in [-0.1, -0.05) is 12.7 Å². The molecule has 1 aromatic heterocycles. The summed E-state index contributed by atoms with van der Waals surface area (Å²) >= 11 is 0. The van der Waals surface area contributed by atoms with Crippen LogP contribution in [0.3, 0.4) is 0 Å². The van der Waals surface area contributed by atoms with E-state index in [-0.39, 0.29) is 5.82 Å². The number of hydrogen-bond donors (Lipinski definition) is 0. The van der Waals surface area contributed by atoms with Crippen molar-refractivity contribution < 1.29 is 4.39 Å². The van der Waals surface area contributed by atoms with Gasteiger partial charge in [-0.3, -0.25) is 4.98 Å². The van der Waals surface area contributed by atoms with Crippen LogP contribution in [0.2, 0.25) is 0 Å². The summed E-state index contributed by atoms with van der Waals surface area (Å²) in [4.78, 5) is 3.76. The van der Waals surface area contributed by atoms with E-state index in [4.69, 9.17) is 0 Å². The van der Waals surface area contributed by atoms with Crippen LogP contribution in [0.15, 0.2) is 18.8 Å². The molecule has 1 rings (SSSR count). The van der Waals surface area contributed by atoms with Crippen molar-refractivity contribution in [2.75, 3.05) is 0 Å². The van der Waals surface area contributed by atoms with Crippen LogP contribution in [-0.2, 0) is 0 Å². The van der Waals surface area contributed by atoms with Gasteiger partial charge in [0.05, 0.1) is 6.20 Å². The summed E-state index contributed by atoms with van der Waals surface area (Å²) in [6, 6.07) is 1.66. The molecule has 0 saturated carbocycles. The first-order valence-corrected chi connectivity index (χ1v) is 2.98. The van der Waals surface area contributed by atoms with Gasteiger partial charge in [0.25, 0.3) is 0 Å². The Kier molecular flexibility index (Phi) is 1.81. The number of halogens is 1. The van der Waals surface area contributed by atoms with Crippen LogP contribution >= 0.6 is 0 Å². The summed E-state index contributed by atoms with van der Waals surface area (Å²) in [5.41, 5.74) is 1.31. The van der Waals surface area contributed by atoms with E-state index in [0.717, 1.165) is 5.69 Å². The Labute approximate surface area is 59.2 Å². The van der Waals surface area contributed by atoms with Crippen LogP contribution in [-0.4, -0.2) is 4.98 Å². The molecule has 0 unspecified atom stereocenters. The summed E-state index contributed by atoms with van der Waals surface area (Å²) in [7, 11) is 0. The van der Waals surface area contributed by atoms with Crippen molar-refractivity contribution in [1.82, 2.24) is 4.98 Å². The van der Waals surface area contributed by atoms with E-state index in [0.29, 0.717) is 5.56 Å². The first-order chi connectivity index (χ1) is 4.74. The lowest BCUT2D eigenvalue weighted by atomic mass is 10.2. The Morgan fingerprint density at radius 1 is 1.70 bits per heavy atom. The Hall–Kier alpha value is -1.18. The standard InChI is InChI=1S/C8H8FN/c1-3-7-4-6(2)10-5-8(7)9/h3-5H,1H2,2H3. The van der Waals surface area contributed by atoms with Crippen molar-refractivity contribution in [2.24, 2.45) is 0 Å². The van der Waals surface area contributed by atoms with Crippen LogP contribution in [0, 0.1) is 12.7 Å². The zero-order valence-electron chi connectivity index (χ0n) is 5.76. The zero-order valence-corrected chi connectivity index (χ0v) is 5.76. The Bertz CT molecular complexity index is 255. The average molecular weight is 137 g/mol. The number of nitrogens with zero attached hydrogens (tertiary/aromatic N) is 1. The molecule has 0 radical (unpaired) electrons. The second-order valence-electron chi connectivity index (χ2n) is 2.05. The van der Waals surface area contributed by atoms with E-state index >= 15 is 0 Å². The topological polar surface area (TPSA) is 12.9 Å². The zero-order chi connectivity index (χ0) is 7.56. The highest BCUT2D eigenvalue weighted by molar-refractivity contribution is 5.47. The van der Waals surface area contributed by atoms with E-state index < -0.39 is 0 Å². The minimum atomic E-state index is -0.319. The van der Waals surface area contributed by atoms with Crippen LogP contribution in [0.5, 0.6) is 0 Å². The maximum absolute atomic E-state index is 12.6. The molecular formula is C8H8FN. The lowest BCUT2D eigenvalue weighted by Gasteiger charge is -1.95. The van der Waals surface area contributed by atoms with Crippen LogP contribution < -0.4 is 0 Å². The molecule has 10 heavy (non-hydrogen) atoms. The molecule has 0 fully saturated rings. The number of pyridine rings is 1. The summed E-state index contributed by atoms with van der Waals surface area (Å²) in [6.45, 7) is 5.28. The molecule has 0 spiro atoms. The van der Waals surface area contributed by atoms with Gasteiger partial charge in [-0.15, -0.1) is 0 Å². The van der Waals surface area contributed by atoms with E-state index in [1.807, 2.05) is 6.92 Å². The molecule has 2 heteroatoms. The fraction of sp³-hybridized carbons (Fsp3) is 0.125. The predicted octanol–water partition coefficient (Wildman–Crippen LogP) is 2.17. The number of hydrogen-bond acceptors (Lipinski definition) is 1. The molecule has 0 aliphatic rings. The quantitative estimate of drug-likeness (QED) is 0.578. The van der Waals surface area contributed by atoms with Gasteiger partial charge in [0.15, 0.2) is 0 Å². The fourth-order valence-corrected chi connectivity index (χ4v) is 0.721. The third-order valence-electron chi connectivity index (χ3n) is 1.24. The highest BCUT2D eigenvalue weighted by Crippen LogP contribution is 2.07. The van der Waals surface area contributed by atoms with Crippen LogP contribution in [0.1, 0.15) is 11.3 Å². The molecule has 0 amide bonds. The highest BCUT2D eigenvalue weighted by Gasteiger charge is 1.96. The minimum Gasteiger partial charge on any atom is -0.259 e. The lowest BCUT2D eigenvalue weighted by Crippen LogP contribution is -1.86. The summed E-state index contributed by atoms with van der Waals surface area (Å²) in [6.07, 6.45) is 2.68. The summed E-state index contributed by atoms with van der Waals surface area (Å²) < 4.78 is 12.6. The first-order valence-electron chi connectivity index (χ1n) is 2.98. The first kappa shape index (κ1) is 6.93. The lowest BCUT2D eigenvalue weighted by molar-refractivity contribution is 0.617. The van der Waals surface area contributed by atoms with E-state index in [1.165, 1.54) is 12.3 Å². The third-order valence-corrected chi connectivity index (χ3v) is 1.24. The molecule has 52 valence electrons. The number of aromatic nitrogens is 1. The fourth-order valence-electron chi connectivity index (χ4n) is 0.721. The molecule has 1 aromatic rings. The Balaban J connectivity index is 3.21. The van der Waals surface area contributed by atoms with Crippen molar-refractivity contribution in [2.45, 2.75) is 6.92 Å². The molecule has 0 N–H and O–H groups in total. The van der Waals surface area contributed by atoms with Gasteiger partial charge in [-0.25, -0.2) is 4.39 Å². The van der Waals surface area contributed by atoms with Crippen molar-refractivity contribution in [3.63, 3.8) is 0 Å². The number of rotatable bonds is 1.